The number of carbonyl (C=O) groups excluding carboxylic acids is 1. The number of hydrogen-bond donors (Lipinski definition) is 1. The molecule has 3 rings (SSSR count). The summed E-state index contributed by atoms with van der Waals surface area (Å²) in [5.74, 6) is 0.0311. The lowest BCUT2D eigenvalue weighted by Crippen LogP contribution is -2.38. The summed E-state index contributed by atoms with van der Waals surface area (Å²) in [7, 11) is 0. The second-order valence-corrected chi connectivity index (χ2v) is 6.29. The maximum Gasteiger partial charge on any atom is 0.256 e. The minimum atomic E-state index is -0.554. The Balaban J connectivity index is 0.00000161. The van der Waals surface area contributed by atoms with E-state index < -0.39 is 5.82 Å². The van der Waals surface area contributed by atoms with Gasteiger partial charge in [0.2, 0.25) is 0 Å². The average Bonchev–Trinajstić information content (AvgIpc) is 2.83. The Bertz CT molecular complexity index is 540. The zero-order valence-electron chi connectivity index (χ0n) is 11.6. The summed E-state index contributed by atoms with van der Waals surface area (Å²) < 4.78 is 13.8. The van der Waals surface area contributed by atoms with Crippen molar-refractivity contribution in [3.63, 3.8) is 0 Å². The Hall–Kier alpha value is -0.840. The Morgan fingerprint density at radius 2 is 2.10 bits per heavy atom. The first-order valence-corrected chi connectivity index (χ1v) is 7.44. The van der Waals surface area contributed by atoms with Crippen LogP contribution < -0.4 is 5.73 Å². The maximum atomic E-state index is 13.8. The second kappa shape index (κ2) is 6.51. The highest BCUT2D eigenvalue weighted by atomic mass is 35.5. The predicted molar refractivity (Wildman–Crippen MR) is 83.4 cm³/mol. The number of fused-ring (bicyclic) bond motifs is 1. The quantitative estimate of drug-likeness (QED) is 0.858. The molecule has 2 aliphatic rings. The van der Waals surface area contributed by atoms with Crippen LogP contribution in [0.15, 0.2) is 18.2 Å². The Labute approximate surface area is 135 Å². The second-order valence-electron chi connectivity index (χ2n) is 5.85. The van der Waals surface area contributed by atoms with E-state index in [2.05, 4.69) is 0 Å². The first kappa shape index (κ1) is 16.5. The van der Waals surface area contributed by atoms with Crippen LogP contribution in [0.25, 0.3) is 0 Å². The minimum Gasteiger partial charge on any atom is -0.338 e. The molecule has 1 aliphatic heterocycles. The first-order valence-electron chi connectivity index (χ1n) is 7.06. The van der Waals surface area contributed by atoms with Crippen molar-refractivity contribution in [2.24, 2.45) is 17.6 Å². The normalized spacial score (nSPS) is 28.0. The van der Waals surface area contributed by atoms with Crippen molar-refractivity contribution in [1.29, 1.82) is 0 Å². The highest BCUT2D eigenvalue weighted by molar-refractivity contribution is 6.30. The molecule has 1 aromatic carbocycles. The Kier molecular flexibility index (Phi) is 5.12. The van der Waals surface area contributed by atoms with Crippen LogP contribution in [0.4, 0.5) is 4.39 Å². The molecule has 21 heavy (non-hydrogen) atoms. The topological polar surface area (TPSA) is 46.3 Å². The van der Waals surface area contributed by atoms with Gasteiger partial charge in [-0.3, -0.25) is 4.79 Å². The molecule has 0 bridgehead atoms. The standard InChI is InChI=1S/C15H18ClFN2O.ClH/c16-10-4-5-11(13(17)6-10)15(20)19-7-9-2-1-3-14(18)12(9)8-19;/h4-6,9,12,14H,1-3,7-8,18H2;1H. The molecule has 1 heterocycles. The van der Waals surface area contributed by atoms with Gasteiger partial charge in [0.25, 0.3) is 5.91 Å². The number of halogens is 3. The van der Waals surface area contributed by atoms with Crippen molar-refractivity contribution in [3.05, 3.63) is 34.6 Å². The van der Waals surface area contributed by atoms with E-state index in [1.165, 1.54) is 12.1 Å². The molecule has 0 aromatic heterocycles. The SMILES string of the molecule is Cl.NC1CCCC2CN(C(=O)c3ccc(Cl)cc3F)CC12. The number of rotatable bonds is 1. The summed E-state index contributed by atoms with van der Waals surface area (Å²) in [5.41, 5.74) is 6.24. The highest BCUT2D eigenvalue weighted by Gasteiger charge is 2.40. The summed E-state index contributed by atoms with van der Waals surface area (Å²) >= 11 is 5.72. The number of benzene rings is 1. The van der Waals surface area contributed by atoms with Gasteiger partial charge >= 0.3 is 0 Å². The van der Waals surface area contributed by atoms with Gasteiger partial charge in [0, 0.05) is 24.2 Å². The molecule has 0 radical (unpaired) electrons. The Morgan fingerprint density at radius 1 is 1.33 bits per heavy atom. The summed E-state index contributed by atoms with van der Waals surface area (Å²) in [6.45, 7) is 1.34. The molecule has 116 valence electrons. The van der Waals surface area contributed by atoms with Gasteiger partial charge in [0.15, 0.2) is 0 Å². The largest absolute Gasteiger partial charge is 0.338 e. The molecule has 2 fully saturated rings. The molecule has 3 unspecified atom stereocenters. The lowest BCUT2D eigenvalue weighted by Gasteiger charge is -2.29. The van der Waals surface area contributed by atoms with Gasteiger partial charge in [0.05, 0.1) is 5.56 Å². The third-order valence-electron chi connectivity index (χ3n) is 4.60. The third-order valence-corrected chi connectivity index (χ3v) is 4.84. The molecule has 3 nitrogen and oxygen atoms in total. The van der Waals surface area contributed by atoms with E-state index in [9.17, 15) is 9.18 Å². The van der Waals surface area contributed by atoms with Gasteiger partial charge in [-0.05, 0) is 42.9 Å². The van der Waals surface area contributed by atoms with Crippen LogP contribution in [0.1, 0.15) is 29.6 Å². The molecule has 1 saturated heterocycles. The zero-order valence-corrected chi connectivity index (χ0v) is 13.2. The number of amides is 1. The van der Waals surface area contributed by atoms with Crippen molar-refractivity contribution in [1.82, 2.24) is 4.90 Å². The number of nitrogens with two attached hydrogens (primary N) is 1. The van der Waals surface area contributed by atoms with E-state index in [4.69, 9.17) is 17.3 Å². The number of likely N-dealkylation sites (tertiary alicyclic amines) is 1. The van der Waals surface area contributed by atoms with Crippen LogP contribution in [0.5, 0.6) is 0 Å². The molecule has 1 aromatic rings. The molecule has 6 heteroatoms. The van der Waals surface area contributed by atoms with Crippen LogP contribution in [0.3, 0.4) is 0 Å². The summed E-state index contributed by atoms with van der Waals surface area (Å²) in [4.78, 5) is 14.2. The molecule has 3 atom stereocenters. The van der Waals surface area contributed by atoms with Gasteiger partial charge in [-0.25, -0.2) is 4.39 Å². The predicted octanol–water partition coefficient (Wildman–Crippen LogP) is 3.10. The van der Waals surface area contributed by atoms with Gasteiger partial charge < -0.3 is 10.6 Å². The fraction of sp³-hybridized carbons (Fsp3) is 0.533. The Morgan fingerprint density at radius 3 is 2.76 bits per heavy atom. The van der Waals surface area contributed by atoms with Crippen LogP contribution in [0, 0.1) is 17.7 Å². The molecule has 1 aliphatic carbocycles. The summed E-state index contributed by atoms with van der Waals surface area (Å²) in [5, 5.41) is 0.302. The fourth-order valence-corrected chi connectivity index (χ4v) is 3.67. The van der Waals surface area contributed by atoms with Crippen molar-refractivity contribution < 1.29 is 9.18 Å². The summed E-state index contributed by atoms with van der Waals surface area (Å²) in [6, 6.07) is 4.36. The van der Waals surface area contributed by atoms with Gasteiger partial charge in [0.1, 0.15) is 5.82 Å². The molecule has 1 saturated carbocycles. The van der Waals surface area contributed by atoms with E-state index in [-0.39, 0.29) is 29.9 Å². The number of carbonyl (C=O) groups is 1. The van der Waals surface area contributed by atoms with E-state index in [1.807, 2.05) is 0 Å². The van der Waals surface area contributed by atoms with Crippen molar-refractivity contribution in [2.45, 2.75) is 25.3 Å². The number of hydrogen-bond acceptors (Lipinski definition) is 2. The first-order chi connectivity index (χ1) is 9.56. The van der Waals surface area contributed by atoms with E-state index in [0.717, 1.165) is 19.3 Å². The van der Waals surface area contributed by atoms with Crippen LogP contribution in [-0.4, -0.2) is 29.9 Å². The van der Waals surface area contributed by atoms with Gasteiger partial charge in [-0.2, -0.15) is 0 Å². The molecule has 2 N–H and O–H groups in total. The van der Waals surface area contributed by atoms with Crippen molar-refractivity contribution >= 4 is 29.9 Å². The zero-order chi connectivity index (χ0) is 14.3. The molecular formula is C15H19Cl2FN2O. The number of nitrogens with zero attached hydrogens (tertiary/aromatic N) is 1. The smallest absolute Gasteiger partial charge is 0.256 e. The third kappa shape index (κ3) is 3.17. The van der Waals surface area contributed by atoms with E-state index in [0.29, 0.717) is 29.9 Å². The fourth-order valence-electron chi connectivity index (χ4n) is 3.52. The monoisotopic (exact) mass is 332 g/mol. The molecule has 0 spiro atoms. The van der Waals surface area contributed by atoms with E-state index >= 15 is 0 Å². The summed E-state index contributed by atoms with van der Waals surface area (Å²) in [6.07, 6.45) is 3.27. The van der Waals surface area contributed by atoms with Gasteiger partial charge in [-0.15, -0.1) is 12.4 Å². The van der Waals surface area contributed by atoms with E-state index in [1.54, 1.807) is 11.0 Å². The van der Waals surface area contributed by atoms with Crippen molar-refractivity contribution in [2.75, 3.05) is 13.1 Å². The molecular weight excluding hydrogens is 314 g/mol. The van der Waals surface area contributed by atoms with Crippen LogP contribution >= 0.6 is 24.0 Å². The molecule has 1 amide bonds. The van der Waals surface area contributed by atoms with Crippen LogP contribution in [-0.2, 0) is 0 Å². The highest BCUT2D eigenvalue weighted by Crippen LogP contribution is 2.36. The average molecular weight is 333 g/mol. The lowest BCUT2D eigenvalue weighted by atomic mass is 9.78. The maximum absolute atomic E-state index is 13.8. The van der Waals surface area contributed by atoms with Crippen molar-refractivity contribution in [3.8, 4) is 0 Å². The van der Waals surface area contributed by atoms with Crippen LogP contribution in [0.2, 0.25) is 5.02 Å². The van der Waals surface area contributed by atoms with Gasteiger partial charge in [-0.1, -0.05) is 18.0 Å². The minimum absolute atomic E-state index is 0. The lowest BCUT2D eigenvalue weighted by molar-refractivity contribution is 0.0779.